The van der Waals surface area contributed by atoms with Gasteiger partial charge >= 0.3 is 0 Å². The Bertz CT molecular complexity index is 168. The largest absolute Gasteiger partial charge is 0.314 e. The number of alkyl halides is 2. The Balaban J connectivity index is 1.85. The molecular formula is C8H14F2N2. The van der Waals surface area contributed by atoms with Crippen LogP contribution in [0.25, 0.3) is 0 Å². The van der Waals surface area contributed by atoms with E-state index in [1.165, 1.54) is 0 Å². The molecule has 2 aliphatic rings. The zero-order valence-electron chi connectivity index (χ0n) is 6.95. The molecule has 1 saturated carbocycles. The van der Waals surface area contributed by atoms with Gasteiger partial charge in [0, 0.05) is 25.6 Å². The SMILES string of the molecule is FC1(F)CCCC1NC1CNC1. The van der Waals surface area contributed by atoms with E-state index in [4.69, 9.17) is 0 Å². The highest BCUT2D eigenvalue weighted by Crippen LogP contribution is 2.35. The zero-order chi connectivity index (χ0) is 8.60. The molecule has 0 aromatic rings. The maximum atomic E-state index is 13.0. The zero-order valence-corrected chi connectivity index (χ0v) is 6.95. The lowest BCUT2D eigenvalue weighted by Gasteiger charge is -2.33. The van der Waals surface area contributed by atoms with Gasteiger partial charge in [-0.1, -0.05) is 0 Å². The average molecular weight is 176 g/mol. The Hall–Kier alpha value is -0.220. The Morgan fingerprint density at radius 3 is 2.50 bits per heavy atom. The summed E-state index contributed by atoms with van der Waals surface area (Å²) in [4.78, 5) is 0. The van der Waals surface area contributed by atoms with Gasteiger partial charge in [-0.15, -0.1) is 0 Å². The van der Waals surface area contributed by atoms with Gasteiger partial charge in [0.1, 0.15) is 0 Å². The summed E-state index contributed by atoms with van der Waals surface area (Å²) in [7, 11) is 0. The van der Waals surface area contributed by atoms with Crippen LogP contribution in [0, 0.1) is 0 Å². The smallest absolute Gasteiger partial charge is 0.263 e. The summed E-state index contributed by atoms with van der Waals surface area (Å²) in [6, 6.07) is -0.288. The summed E-state index contributed by atoms with van der Waals surface area (Å²) in [5, 5.41) is 6.05. The van der Waals surface area contributed by atoms with Crippen LogP contribution in [0.4, 0.5) is 8.78 Å². The summed E-state index contributed by atoms with van der Waals surface area (Å²) in [6.07, 6.45) is 1.35. The molecule has 0 spiro atoms. The predicted octanol–water partition coefficient (Wildman–Crippen LogP) is 0.736. The van der Waals surface area contributed by atoms with E-state index in [1.807, 2.05) is 0 Å². The first-order valence-corrected chi connectivity index (χ1v) is 4.53. The number of halogens is 2. The number of hydrogen-bond donors (Lipinski definition) is 2. The van der Waals surface area contributed by atoms with Gasteiger partial charge in [-0.2, -0.15) is 0 Å². The van der Waals surface area contributed by atoms with Gasteiger partial charge in [0.05, 0.1) is 6.04 Å². The van der Waals surface area contributed by atoms with Gasteiger partial charge in [0.15, 0.2) is 0 Å². The molecule has 1 saturated heterocycles. The Morgan fingerprint density at radius 2 is 2.08 bits per heavy atom. The fourth-order valence-corrected chi connectivity index (χ4v) is 1.82. The first-order valence-electron chi connectivity index (χ1n) is 4.53. The summed E-state index contributed by atoms with van der Waals surface area (Å²) in [6.45, 7) is 1.68. The van der Waals surface area contributed by atoms with Crippen molar-refractivity contribution < 1.29 is 8.78 Å². The summed E-state index contributed by atoms with van der Waals surface area (Å²) >= 11 is 0. The minimum Gasteiger partial charge on any atom is -0.314 e. The molecule has 1 unspecified atom stereocenters. The summed E-state index contributed by atoms with van der Waals surface area (Å²) < 4.78 is 26.1. The molecule has 2 N–H and O–H groups in total. The van der Waals surface area contributed by atoms with Crippen LogP contribution < -0.4 is 10.6 Å². The number of hydrogen-bond acceptors (Lipinski definition) is 2. The van der Waals surface area contributed by atoms with Crippen molar-refractivity contribution in [2.75, 3.05) is 13.1 Å². The molecule has 12 heavy (non-hydrogen) atoms. The quantitative estimate of drug-likeness (QED) is 0.648. The van der Waals surface area contributed by atoms with Crippen LogP contribution in [0.15, 0.2) is 0 Å². The predicted molar refractivity (Wildman–Crippen MR) is 42.4 cm³/mol. The summed E-state index contributed by atoms with van der Waals surface area (Å²) in [5.74, 6) is -2.46. The molecule has 1 heterocycles. The second-order valence-electron chi connectivity index (χ2n) is 3.73. The van der Waals surface area contributed by atoms with Crippen LogP contribution in [0.3, 0.4) is 0 Å². The molecule has 2 nitrogen and oxygen atoms in total. The van der Waals surface area contributed by atoms with Crippen LogP contribution in [0.5, 0.6) is 0 Å². The molecule has 4 heteroatoms. The Kier molecular flexibility index (Phi) is 2.04. The maximum Gasteiger partial charge on any atom is 0.263 e. The van der Waals surface area contributed by atoms with Crippen molar-refractivity contribution in [1.82, 2.24) is 10.6 Å². The Labute approximate surface area is 70.7 Å². The normalized spacial score (nSPS) is 35.0. The minimum absolute atomic E-state index is 0.0603. The molecule has 0 aromatic heterocycles. The van der Waals surface area contributed by atoms with E-state index < -0.39 is 12.0 Å². The van der Waals surface area contributed by atoms with Gasteiger partial charge in [-0.05, 0) is 12.8 Å². The molecule has 1 atom stereocenters. The van der Waals surface area contributed by atoms with Gasteiger partial charge in [0.25, 0.3) is 5.92 Å². The van der Waals surface area contributed by atoms with Gasteiger partial charge in [0.2, 0.25) is 0 Å². The minimum atomic E-state index is -2.46. The lowest BCUT2D eigenvalue weighted by Crippen LogP contribution is -2.60. The van der Waals surface area contributed by atoms with Gasteiger partial charge in [-0.3, -0.25) is 0 Å². The molecule has 70 valence electrons. The lowest BCUT2D eigenvalue weighted by atomic mass is 10.1. The summed E-state index contributed by atoms with van der Waals surface area (Å²) in [5.41, 5.74) is 0. The van der Waals surface area contributed by atoms with E-state index in [2.05, 4.69) is 10.6 Å². The van der Waals surface area contributed by atoms with E-state index in [-0.39, 0.29) is 12.5 Å². The van der Waals surface area contributed by atoms with Gasteiger partial charge in [-0.25, -0.2) is 8.78 Å². The molecular weight excluding hydrogens is 162 g/mol. The molecule has 1 aliphatic heterocycles. The van der Waals surface area contributed by atoms with Gasteiger partial charge < -0.3 is 10.6 Å². The van der Waals surface area contributed by atoms with E-state index in [0.717, 1.165) is 13.1 Å². The first-order chi connectivity index (χ1) is 5.68. The van der Waals surface area contributed by atoms with E-state index in [1.54, 1.807) is 0 Å². The second kappa shape index (κ2) is 2.92. The molecule has 2 fully saturated rings. The Morgan fingerprint density at radius 1 is 1.33 bits per heavy atom. The monoisotopic (exact) mass is 176 g/mol. The van der Waals surface area contributed by atoms with Crippen molar-refractivity contribution >= 4 is 0 Å². The number of rotatable bonds is 2. The van der Waals surface area contributed by atoms with Crippen molar-refractivity contribution in [3.8, 4) is 0 Å². The molecule has 1 aliphatic carbocycles. The topological polar surface area (TPSA) is 24.1 Å². The van der Waals surface area contributed by atoms with Crippen LogP contribution in [0.1, 0.15) is 19.3 Å². The van der Waals surface area contributed by atoms with Crippen LogP contribution in [0.2, 0.25) is 0 Å². The maximum absolute atomic E-state index is 13.0. The van der Waals surface area contributed by atoms with E-state index in [0.29, 0.717) is 12.8 Å². The van der Waals surface area contributed by atoms with Crippen molar-refractivity contribution in [2.45, 2.75) is 37.3 Å². The highest BCUT2D eigenvalue weighted by Gasteiger charge is 2.44. The van der Waals surface area contributed by atoms with Crippen molar-refractivity contribution in [3.05, 3.63) is 0 Å². The first kappa shape index (κ1) is 8.38. The van der Waals surface area contributed by atoms with E-state index >= 15 is 0 Å². The average Bonchev–Trinajstić information content (AvgIpc) is 2.21. The van der Waals surface area contributed by atoms with Crippen molar-refractivity contribution in [3.63, 3.8) is 0 Å². The highest BCUT2D eigenvalue weighted by molar-refractivity contribution is 4.94. The third-order valence-electron chi connectivity index (χ3n) is 2.73. The second-order valence-corrected chi connectivity index (χ2v) is 3.73. The molecule has 2 rings (SSSR count). The third-order valence-corrected chi connectivity index (χ3v) is 2.73. The van der Waals surface area contributed by atoms with Crippen molar-refractivity contribution in [2.24, 2.45) is 0 Å². The fraction of sp³-hybridized carbons (Fsp3) is 1.00. The van der Waals surface area contributed by atoms with Crippen LogP contribution in [-0.4, -0.2) is 31.1 Å². The lowest BCUT2D eigenvalue weighted by molar-refractivity contribution is -0.0229. The van der Waals surface area contributed by atoms with E-state index in [9.17, 15) is 8.78 Å². The standard InChI is InChI=1S/C8H14F2N2/c9-8(10)3-1-2-7(8)12-6-4-11-5-6/h6-7,11-12H,1-5H2. The molecule has 0 bridgehead atoms. The molecule has 0 radical (unpaired) electrons. The highest BCUT2D eigenvalue weighted by atomic mass is 19.3. The van der Waals surface area contributed by atoms with Crippen LogP contribution >= 0.6 is 0 Å². The fourth-order valence-electron chi connectivity index (χ4n) is 1.82. The van der Waals surface area contributed by atoms with Crippen LogP contribution in [-0.2, 0) is 0 Å². The third kappa shape index (κ3) is 1.45. The molecule has 0 amide bonds. The van der Waals surface area contributed by atoms with Crippen molar-refractivity contribution in [1.29, 1.82) is 0 Å². The molecule has 0 aromatic carbocycles. The number of nitrogens with one attached hydrogen (secondary N) is 2.